The first-order valence-corrected chi connectivity index (χ1v) is 0.928. The molecule has 0 aromatic carbocycles. The van der Waals surface area contributed by atoms with Gasteiger partial charge in [-0.1, -0.05) is 0 Å². The van der Waals surface area contributed by atoms with Crippen LogP contribution in [0.5, 0.6) is 0 Å². The van der Waals surface area contributed by atoms with E-state index in [1.807, 2.05) is 0 Å². The molecular weight excluding hydrogens is 299 g/mol. The summed E-state index contributed by atoms with van der Waals surface area (Å²) >= 11 is 0. The molecule has 0 unspecified atom stereocenters. The third kappa shape index (κ3) is 310. The van der Waals surface area contributed by atoms with Crippen LogP contribution in [0.15, 0.2) is 0 Å². The Morgan fingerprint density at radius 3 is 1.11 bits per heavy atom. The molecule has 0 aliphatic heterocycles. The summed E-state index contributed by atoms with van der Waals surface area (Å²) in [6.07, 6.45) is 0. The molecule has 0 bridgehead atoms. The second-order valence-corrected chi connectivity index (χ2v) is 0.519. The van der Waals surface area contributed by atoms with Gasteiger partial charge in [-0.05, 0) is 0 Å². The van der Waals surface area contributed by atoms with Crippen LogP contribution in [0.1, 0.15) is 6.92 Å². The van der Waals surface area contributed by atoms with Crippen molar-refractivity contribution in [2.45, 2.75) is 6.92 Å². The molecule has 0 aliphatic carbocycles. The van der Waals surface area contributed by atoms with Crippen molar-refractivity contribution in [3.8, 4) is 0 Å². The second-order valence-electron chi connectivity index (χ2n) is 0.519. The molecule has 0 spiro atoms. The van der Waals surface area contributed by atoms with Crippen LogP contribution < -0.4 is 49.6 Å². The van der Waals surface area contributed by atoms with Crippen molar-refractivity contribution in [1.29, 1.82) is 0 Å². The third-order valence-electron chi connectivity index (χ3n) is 0. The minimum absolute atomic E-state index is 0. The van der Waals surface area contributed by atoms with Crippen molar-refractivity contribution >= 4 is 5.97 Å². The molecule has 0 aliphatic rings. The Morgan fingerprint density at radius 1 is 1.11 bits per heavy atom. The van der Waals surface area contributed by atoms with Crippen LogP contribution in [0.3, 0.4) is 0 Å². The maximum Gasteiger partial charge on any atom is 4.00 e. The molecule has 0 radical (unpaired) electrons. The van der Waals surface area contributed by atoms with Crippen LogP contribution >= 0.6 is 0 Å². The van der Waals surface area contributed by atoms with Gasteiger partial charge in [-0.25, -0.2) is 0 Å². The minimum atomic E-state index is -0.833. The normalized spacial score (nSPS) is 2.78. The standard InChI is InChI=1S/C2H4O2.4ClH.Ru/c1-2(3)4;;;;;/h1H3,(H,3,4);4*1H;/q;;;;;+4/p-4. The van der Waals surface area contributed by atoms with Crippen LogP contribution in [0, 0.1) is 0 Å². The summed E-state index contributed by atoms with van der Waals surface area (Å²) in [6, 6.07) is 0. The van der Waals surface area contributed by atoms with Gasteiger partial charge in [0.1, 0.15) is 0 Å². The Hall–Kier alpha value is 1.25. The van der Waals surface area contributed by atoms with E-state index in [-0.39, 0.29) is 69.1 Å². The molecule has 0 saturated heterocycles. The van der Waals surface area contributed by atoms with E-state index in [4.69, 9.17) is 9.90 Å². The molecule has 0 atom stereocenters. The van der Waals surface area contributed by atoms with E-state index in [0.717, 1.165) is 6.92 Å². The van der Waals surface area contributed by atoms with E-state index in [9.17, 15) is 0 Å². The molecule has 0 aromatic rings. The molecule has 1 N–H and O–H groups in total. The number of carbonyl (C=O) groups is 1. The van der Waals surface area contributed by atoms with Gasteiger partial charge in [0.25, 0.3) is 5.97 Å². The van der Waals surface area contributed by atoms with Crippen LogP contribution in [0.25, 0.3) is 0 Å². The summed E-state index contributed by atoms with van der Waals surface area (Å²) in [5.41, 5.74) is 0. The number of carboxylic acid groups (broad SMARTS) is 1. The number of hydrogen-bond acceptors (Lipinski definition) is 1. The maximum atomic E-state index is 9.00. The average molecular weight is 303 g/mol. The Labute approximate surface area is 91.6 Å². The number of halogens is 4. The quantitative estimate of drug-likeness (QED) is 0.451. The summed E-state index contributed by atoms with van der Waals surface area (Å²) < 4.78 is 0. The molecule has 0 aromatic heterocycles. The van der Waals surface area contributed by atoms with Gasteiger partial charge in [-0.2, -0.15) is 0 Å². The van der Waals surface area contributed by atoms with Crippen molar-refractivity contribution in [2.24, 2.45) is 0 Å². The topological polar surface area (TPSA) is 37.3 Å². The van der Waals surface area contributed by atoms with Gasteiger partial charge in [-0.15, -0.1) is 0 Å². The fourth-order valence-electron chi connectivity index (χ4n) is 0. The molecule has 7 heteroatoms. The predicted octanol–water partition coefficient (Wildman–Crippen LogP) is -11.9. The first kappa shape index (κ1) is 48.5. The summed E-state index contributed by atoms with van der Waals surface area (Å²) in [5, 5.41) is 7.42. The zero-order valence-electron chi connectivity index (χ0n) is 4.22. The molecule has 9 heavy (non-hydrogen) atoms. The molecule has 0 amide bonds. The zero-order valence-corrected chi connectivity index (χ0v) is 8.98. The predicted molar refractivity (Wildman–Crippen MR) is 13.3 cm³/mol. The van der Waals surface area contributed by atoms with Gasteiger partial charge in [0, 0.05) is 6.92 Å². The molecule has 0 fully saturated rings. The van der Waals surface area contributed by atoms with Crippen LogP contribution in [0.4, 0.5) is 0 Å². The fraction of sp³-hybridized carbons (Fsp3) is 0.500. The molecule has 60 valence electrons. The Balaban J connectivity index is -0.00000000450. The van der Waals surface area contributed by atoms with Crippen molar-refractivity contribution in [1.82, 2.24) is 0 Å². The number of rotatable bonds is 0. The first-order valence-electron chi connectivity index (χ1n) is 0.928. The first-order chi connectivity index (χ1) is 1.73. The Morgan fingerprint density at radius 2 is 1.11 bits per heavy atom. The van der Waals surface area contributed by atoms with Crippen molar-refractivity contribution in [3.63, 3.8) is 0 Å². The van der Waals surface area contributed by atoms with E-state index >= 15 is 0 Å². The molecule has 0 saturated carbocycles. The number of aliphatic carboxylic acids is 1. The monoisotopic (exact) mass is 302 g/mol. The van der Waals surface area contributed by atoms with Gasteiger partial charge in [-0.3, -0.25) is 4.79 Å². The van der Waals surface area contributed by atoms with Gasteiger partial charge < -0.3 is 54.7 Å². The van der Waals surface area contributed by atoms with Crippen LogP contribution in [0.2, 0.25) is 0 Å². The van der Waals surface area contributed by atoms with Crippen molar-refractivity contribution < 1.29 is 79.0 Å². The molecule has 0 rings (SSSR count). The SMILES string of the molecule is CC(=O)O.[Cl-].[Cl-].[Cl-].[Cl-].[Ru+4]. The smallest absolute Gasteiger partial charge is 1.00 e. The number of hydrogen-bond donors (Lipinski definition) is 1. The van der Waals surface area contributed by atoms with Crippen molar-refractivity contribution in [2.75, 3.05) is 0 Å². The summed E-state index contributed by atoms with van der Waals surface area (Å²) in [4.78, 5) is 9.00. The summed E-state index contributed by atoms with van der Waals surface area (Å²) in [6.45, 7) is 1.08. The molecular formula is C2H4Cl4O2Ru. The van der Waals surface area contributed by atoms with Gasteiger partial charge >= 0.3 is 19.5 Å². The van der Waals surface area contributed by atoms with E-state index in [1.165, 1.54) is 0 Å². The van der Waals surface area contributed by atoms with Crippen LogP contribution in [-0.2, 0) is 24.3 Å². The molecule has 0 heterocycles. The largest absolute Gasteiger partial charge is 4.00 e. The minimum Gasteiger partial charge on any atom is -1.00 e. The van der Waals surface area contributed by atoms with E-state index in [2.05, 4.69) is 0 Å². The molecule has 2 nitrogen and oxygen atoms in total. The average Bonchev–Trinajstić information content (AvgIpc) is 0.811. The van der Waals surface area contributed by atoms with Crippen LogP contribution in [-0.4, -0.2) is 11.1 Å². The van der Waals surface area contributed by atoms with Gasteiger partial charge in [0.05, 0.1) is 0 Å². The van der Waals surface area contributed by atoms with E-state index in [1.54, 1.807) is 0 Å². The summed E-state index contributed by atoms with van der Waals surface area (Å²) in [7, 11) is 0. The Kier molecular flexibility index (Phi) is 188. The third-order valence-corrected chi connectivity index (χ3v) is 0. The fourth-order valence-corrected chi connectivity index (χ4v) is 0. The summed E-state index contributed by atoms with van der Waals surface area (Å²) in [5.74, 6) is -0.833. The Bertz CT molecular complexity index is 39.5. The van der Waals surface area contributed by atoms with E-state index < -0.39 is 5.97 Å². The van der Waals surface area contributed by atoms with Gasteiger partial charge in [0.15, 0.2) is 0 Å². The van der Waals surface area contributed by atoms with Crippen molar-refractivity contribution in [3.05, 3.63) is 0 Å². The maximum absolute atomic E-state index is 9.00. The second kappa shape index (κ2) is 34.8. The van der Waals surface area contributed by atoms with E-state index in [0.29, 0.717) is 0 Å². The van der Waals surface area contributed by atoms with Gasteiger partial charge in [0.2, 0.25) is 0 Å². The zero-order chi connectivity index (χ0) is 3.58. The number of carboxylic acids is 1.